The molecule has 1 heterocycles. The van der Waals surface area contributed by atoms with E-state index in [1.807, 2.05) is 0 Å². The number of ether oxygens (including phenoxy) is 1. The Morgan fingerprint density at radius 2 is 1.48 bits per heavy atom. The molecule has 0 radical (unpaired) electrons. The second-order valence-corrected chi connectivity index (χ2v) is 8.92. The minimum absolute atomic E-state index is 0.600. The smallest absolute Gasteiger partial charge is 0.118 e. The summed E-state index contributed by atoms with van der Waals surface area (Å²) in [4.78, 5) is 2.67. The summed E-state index contributed by atoms with van der Waals surface area (Å²) in [6.07, 6.45) is 5.23. The number of nitrogens with zero attached hydrogens (tertiary/aromatic N) is 1. The van der Waals surface area contributed by atoms with Crippen LogP contribution in [-0.4, -0.2) is 19.7 Å². The Bertz CT molecular complexity index is 1050. The minimum Gasteiger partial charge on any atom is -0.497 e. The van der Waals surface area contributed by atoms with Gasteiger partial charge in [-0.2, -0.15) is 0 Å². The van der Waals surface area contributed by atoms with Crippen LogP contribution in [0.2, 0.25) is 0 Å². The van der Waals surface area contributed by atoms with E-state index in [1.165, 1.54) is 53.6 Å². The van der Waals surface area contributed by atoms with Crippen molar-refractivity contribution in [2.24, 2.45) is 5.92 Å². The molecule has 2 fully saturated rings. The van der Waals surface area contributed by atoms with Crippen molar-refractivity contribution in [1.82, 2.24) is 0 Å². The van der Waals surface area contributed by atoms with Crippen molar-refractivity contribution in [1.29, 1.82) is 0 Å². The van der Waals surface area contributed by atoms with Gasteiger partial charge in [0.05, 0.1) is 7.11 Å². The van der Waals surface area contributed by atoms with Crippen molar-refractivity contribution in [3.05, 3.63) is 101 Å². The molecule has 1 saturated carbocycles. The highest BCUT2D eigenvalue weighted by Crippen LogP contribution is 2.46. The first-order valence-electron chi connectivity index (χ1n) is 11.5. The molecule has 1 aliphatic heterocycles. The lowest BCUT2D eigenvalue weighted by Crippen LogP contribution is -2.34. The van der Waals surface area contributed by atoms with E-state index in [2.05, 4.69) is 90.7 Å². The largest absolute Gasteiger partial charge is 0.497 e. The first-order valence-corrected chi connectivity index (χ1v) is 11.5. The van der Waals surface area contributed by atoms with Crippen LogP contribution >= 0.6 is 0 Å². The summed E-state index contributed by atoms with van der Waals surface area (Å²) >= 11 is 0. The predicted octanol–water partition coefficient (Wildman–Crippen LogP) is 6.88. The van der Waals surface area contributed by atoms with E-state index in [9.17, 15) is 0 Å². The van der Waals surface area contributed by atoms with E-state index in [0.29, 0.717) is 12.0 Å². The molecule has 2 aliphatic rings. The summed E-state index contributed by atoms with van der Waals surface area (Å²) < 4.78 is 5.43. The van der Waals surface area contributed by atoms with E-state index < -0.39 is 0 Å². The van der Waals surface area contributed by atoms with Gasteiger partial charge in [-0.05, 0) is 66.3 Å². The molecule has 0 amide bonds. The number of rotatable bonds is 4. The second-order valence-electron chi connectivity index (χ2n) is 8.92. The Kier molecular flexibility index (Phi) is 5.55. The molecule has 0 N–H and O–H groups in total. The maximum absolute atomic E-state index is 5.43. The molecule has 2 unspecified atom stereocenters. The van der Waals surface area contributed by atoms with Gasteiger partial charge in [0.1, 0.15) is 5.75 Å². The van der Waals surface area contributed by atoms with Gasteiger partial charge in [0, 0.05) is 24.2 Å². The standard InChI is InChI=1S/C29H31NO/c1-21-12-16-24(17-13-21)30-20-27(26-10-6-7-11-28(26)30)29(22-8-4-3-5-9-22)23-14-18-25(31-2)19-15-23/h3-5,8-9,12-19,26,28H,6-7,10-11,20H2,1-2H3/b29-27-. The topological polar surface area (TPSA) is 12.5 Å². The average molecular weight is 410 g/mol. The van der Waals surface area contributed by atoms with Crippen LogP contribution in [0.4, 0.5) is 5.69 Å². The Hall–Kier alpha value is -3.00. The van der Waals surface area contributed by atoms with Gasteiger partial charge in [0.2, 0.25) is 0 Å². The molecule has 2 nitrogen and oxygen atoms in total. The predicted molar refractivity (Wildman–Crippen MR) is 130 cm³/mol. The lowest BCUT2D eigenvalue weighted by molar-refractivity contribution is 0.373. The van der Waals surface area contributed by atoms with E-state index in [-0.39, 0.29) is 0 Å². The first-order chi connectivity index (χ1) is 15.2. The molecule has 2 atom stereocenters. The lowest BCUT2D eigenvalue weighted by atomic mass is 9.79. The van der Waals surface area contributed by atoms with Crippen molar-refractivity contribution in [3.63, 3.8) is 0 Å². The highest BCUT2D eigenvalue weighted by Gasteiger charge is 2.40. The number of hydrogen-bond acceptors (Lipinski definition) is 2. The zero-order valence-electron chi connectivity index (χ0n) is 18.6. The molecular formula is C29H31NO. The molecule has 0 spiro atoms. The van der Waals surface area contributed by atoms with E-state index >= 15 is 0 Å². The van der Waals surface area contributed by atoms with Gasteiger partial charge in [-0.25, -0.2) is 0 Å². The van der Waals surface area contributed by atoms with Crippen LogP contribution in [0.3, 0.4) is 0 Å². The van der Waals surface area contributed by atoms with E-state index in [4.69, 9.17) is 4.74 Å². The van der Waals surface area contributed by atoms with Crippen LogP contribution in [0.25, 0.3) is 5.57 Å². The summed E-state index contributed by atoms with van der Waals surface area (Å²) in [6, 6.07) is 29.3. The maximum atomic E-state index is 5.43. The highest BCUT2D eigenvalue weighted by atomic mass is 16.5. The summed E-state index contributed by atoms with van der Waals surface area (Å²) in [5.74, 6) is 1.52. The van der Waals surface area contributed by atoms with Crippen molar-refractivity contribution < 1.29 is 4.74 Å². The quantitative estimate of drug-likeness (QED) is 0.465. The van der Waals surface area contributed by atoms with Gasteiger partial charge < -0.3 is 9.64 Å². The number of aryl methyl sites for hydroxylation is 1. The minimum atomic E-state index is 0.600. The number of benzene rings is 3. The molecule has 158 valence electrons. The molecule has 0 aromatic heterocycles. The van der Waals surface area contributed by atoms with Gasteiger partial charge in [-0.15, -0.1) is 0 Å². The monoisotopic (exact) mass is 409 g/mol. The van der Waals surface area contributed by atoms with Crippen molar-refractivity contribution in [2.75, 3.05) is 18.6 Å². The molecule has 0 bridgehead atoms. The second kappa shape index (κ2) is 8.63. The fraction of sp³-hybridized carbons (Fsp3) is 0.310. The normalized spacial score (nSPS) is 22.2. The molecule has 1 saturated heterocycles. The van der Waals surface area contributed by atoms with Crippen LogP contribution in [0.15, 0.2) is 84.4 Å². The van der Waals surface area contributed by atoms with Crippen LogP contribution < -0.4 is 9.64 Å². The zero-order chi connectivity index (χ0) is 21.2. The maximum Gasteiger partial charge on any atom is 0.118 e. The van der Waals surface area contributed by atoms with Gasteiger partial charge in [0.25, 0.3) is 0 Å². The molecule has 5 rings (SSSR count). The first kappa shape index (κ1) is 19.9. The zero-order valence-corrected chi connectivity index (χ0v) is 18.6. The summed E-state index contributed by atoms with van der Waals surface area (Å²) in [7, 11) is 1.73. The Morgan fingerprint density at radius 1 is 0.806 bits per heavy atom. The Morgan fingerprint density at radius 3 is 2.19 bits per heavy atom. The molecule has 3 aromatic carbocycles. The molecule has 2 heteroatoms. The van der Waals surface area contributed by atoms with Gasteiger partial charge >= 0.3 is 0 Å². The lowest BCUT2D eigenvalue weighted by Gasteiger charge is -2.33. The third-order valence-electron chi connectivity index (χ3n) is 7.05. The Balaban J connectivity index is 1.65. The average Bonchev–Trinajstić information content (AvgIpc) is 3.20. The van der Waals surface area contributed by atoms with Crippen LogP contribution in [0.1, 0.15) is 42.4 Å². The van der Waals surface area contributed by atoms with Crippen molar-refractivity contribution >= 4 is 11.3 Å². The van der Waals surface area contributed by atoms with Crippen LogP contribution in [-0.2, 0) is 0 Å². The van der Waals surface area contributed by atoms with Crippen LogP contribution in [0.5, 0.6) is 5.75 Å². The molecule has 31 heavy (non-hydrogen) atoms. The molecule has 3 aromatic rings. The van der Waals surface area contributed by atoms with Gasteiger partial charge in [-0.1, -0.05) is 73.0 Å². The third kappa shape index (κ3) is 3.87. The number of hydrogen-bond donors (Lipinski definition) is 0. The SMILES string of the molecule is COc1ccc(/C(=C2/CN(c3ccc(C)cc3)C3CCCCC23)c2ccccc2)cc1. The van der Waals surface area contributed by atoms with Crippen molar-refractivity contribution in [2.45, 2.75) is 38.6 Å². The third-order valence-corrected chi connectivity index (χ3v) is 7.05. The van der Waals surface area contributed by atoms with Gasteiger partial charge in [-0.3, -0.25) is 0 Å². The van der Waals surface area contributed by atoms with Crippen LogP contribution in [0, 0.1) is 12.8 Å². The number of methoxy groups -OCH3 is 1. The molecular weight excluding hydrogens is 378 g/mol. The van der Waals surface area contributed by atoms with Gasteiger partial charge in [0.15, 0.2) is 0 Å². The van der Waals surface area contributed by atoms with E-state index in [0.717, 1.165) is 12.3 Å². The summed E-state index contributed by atoms with van der Waals surface area (Å²) in [5, 5.41) is 0. The fourth-order valence-corrected chi connectivity index (χ4v) is 5.49. The highest BCUT2D eigenvalue weighted by molar-refractivity contribution is 5.84. The fourth-order valence-electron chi connectivity index (χ4n) is 5.49. The number of anilines is 1. The van der Waals surface area contributed by atoms with Crippen molar-refractivity contribution in [3.8, 4) is 5.75 Å². The summed E-state index contributed by atoms with van der Waals surface area (Å²) in [5.41, 5.74) is 8.30. The number of fused-ring (bicyclic) bond motifs is 1. The summed E-state index contributed by atoms with van der Waals surface area (Å²) in [6.45, 7) is 3.17. The van der Waals surface area contributed by atoms with E-state index in [1.54, 1.807) is 12.7 Å². The molecule has 1 aliphatic carbocycles. The Labute approximate surface area is 186 Å².